The van der Waals surface area contributed by atoms with Gasteiger partial charge in [-0.25, -0.2) is 4.79 Å². The van der Waals surface area contributed by atoms with Crippen LogP contribution in [0.4, 0.5) is 22.7 Å². The number of hydrogen-bond donors (Lipinski definition) is 3. The molecular weight excluding hydrogens is 346 g/mol. The van der Waals surface area contributed by atoms with E-state index in [4.69, 9.17) is 0 Å². The third-order valence-electron chi connectivity index (χ3n) is 3.81. The normalized spacial score (nSPS) is 10.1. The second-order valence-electron chi connectivity index (χ2n) is 5.63. The molecule has 0 radical (unpaired) electrons. The number of para-hydroxylation sites is 2. The molecule has 0 heterocycles. The number of anilines is 4. The van der Waals surface area contributed by atoms with Crippen LogP contribution in [-0.2, 0) is 0 Å². The first kappa shape index (κ1) is 17.8. The van der Waals surface area contributed by atoms with Gasteiger partial charge >= 0.3 is 11.9 Å². The standard InChI is InChI=1S/C20H15N3O4/c24-19(23-27)15-11-18(22-14-9-5-2-6-10-14)16(20(25)26)12-17(15)21-13-7-3-1-4-8-13/h1-12,21-22H,(H,25,26). The molecule has 0 bridgehead atoms. The van der Waals surface area contributed by atoms with Crippen molar-refractivity contribution in [2.75, 3.05) is 10.6 Å². The van der Waals surface area contributed by atoms with Gasteiger partial charge in [-0.3, -0.25) is 4.79 Å². The van der Waals surface area contributed by atoms with Crippen LogP contribution in [0.25, 0.3) is 0 Å². The van der Waals surface area contributed by atoms with Crippen molar-refractivity contribution >= 4 is 34.6 Å². The molecule has 0 unspecified atom stereocenters. The molecule has 27 heavy (non-hydrogen) atoms. The second-order valence-corrected chi connectivity index (χ2v) is 5.63. The fourth-order valence-corrected chi connectivity index (χ4v) is 2.56. The molecule has 134 valence electrons. The summed E-state index contributed by atoms with van der Waals surface area (Å²) in [4.78, 5) is 34.6. The maximum absolute atomic E-state index is 12.0. The predicted octanol–water partition coefficient (Wildman–Crippen LogP) is 4.78. The Kier molecular flexibility index (Phi) is 5.22. The Morgan fingerprint density at radius 3 is 1.63 bits per heavy atom. The lowest BCUT2D eigenvalue weighted by Crippen LogP contribution is -2.08. The highest BCUT2D eigenvalue weighted by Crippen LogP contribution is 2.30. The van der Waals surface area contributed by atoms with Crippen molar-refractivity contribution in [1.82, 2.24) is 0 Å². The topological polar surface area (TPSA) is 108 Å². The van der Waals surface area contributed by atoms with Gasteiger partial charge in [0.2, 0.25) is 0 Å². The summed E-state index contributed by atoms with van der Waals surface area (Å²) >= 11 is 0. The molecule has 0 spiro atoms. The van der Waals surface area contributed by atoms with E-state index in [-0.39, 0.29) is 22.5 Å². The first-order valence-electron chi connectivity index (χ1n) is 8.01. The quantitative estimate of drug-likeness (QED) is 0.545. The Balaban J connectivity index is 2.10. The van der Waals surface area contributed by atoms with Crippen LogP contribution in [0.2, 0.25) is 0 Å². The summed E-state index contributed by atoms with van der Waals surface area (Å²) in [6.45, 7) is 0. The molecule has 3 rings (SSSR count). The number of nitroso groups, excluding NO2 is 1. The van der Waals surface area contributed by atoms with Crippen molar-refractivity contribution in [2.24, 2.45) is 5.18 Å². The summed E-state index contributed by atoms with van der Waals surface area (Å²) in [6, 6.07) is 20.4. The number of amides is 1. The number of carbonyl (C=O) groups is 2. The molecule has 0 aliphatic carbocycles. The lowest BCUT2D eigenvalue weighted by Gasteiger charge is -2.15. The van der Waals surface area contributed by atoms with Gasteiger partial charge in [0.15, 0.2) is 0 Å². The summed E-state index contributed by atoms with van der Waals surface area (Å²) in [5.41, 5.74) is 1.55. The minimum atomic E-state index is -1.18. The fraction of sp³-hybridized carbons (Fsp3) is 0. The van der Waals surface area contributed by atoms with E-state index >= 15 is 0 Å². The lowest BCUT2D eigenvalue weighted by atomic mass is 10.0. The van der Waals surface area contributed by atoms with Gasteiger partial charge in [-0.05, 0) is 36.4 Å². The highest BCUT2D eigenvalue weighted by Gasteiger charge is 2.20. The van der Waals surface area contributed by atoms with Crippen LogP contribution in [0.1, 0.15) is 20.7 Å². The second kappa shape index (κ2) is 7.92. The molecular formula is C20H15N3O4. The number of carbonyl (C=O) groups excluding carboxylic acids is 1. The van der Waals surface area contributed by atoms with Gasteiger partial charge in [0.1, 0.15) is 0 Å². The molecule has 0 atom stereocenters. The molecule has 0 saturated carbocycles. The zero-order valence-electron chi connectivity index (χ0n) is 14.0. The van der Waals surface area contributed by atoms with Crippen LogP contribution in [-0.4, -0.2) is 17.0 Å². The zero-order chi connectivity index (χ0) is 19.2. The van der Waals surface area contributed by atoms with Crippen LogP contribution in [0.3, 0.4) is 0 Å². The Morgan fingerprint density at radius 2 is 1.19 bits per heavy atom. The summed E-state index contributed by atoms with van der Waals surface area (Å²) in [7, 11) is 0. The maximum atomic E-state index is 12.0. The Morgan fingerprint density at radius 1 is 0.741 bits per heavy atom. The minimum Gasteiger partial charge on any atom is -0.478 e. The first-order chi connectivity index (χ1) is 13.1. The molecule has 3 aromatic carbocycles. The van der Waals surface area contributed by atoms with Crippen molar-refractivity contribution < 1.29 is 14.7 Å². The van der Waals surface area contributed by atoms with E-state index in [1.165, 1.54) is 12.1 Å². The highest BCUT2D eigenvalue weighted by molar-refractivity contribution is 6.06. The van der Waals surface area contributed by atoms with Gasteiger partial charge in [0, 0.05) is 16.6 Å². The fourth-order valence-electron chi connectivity index (χ4n) is 2.56. The molecule has 7 nitrogen and oxygen atoms in total. The number of rotatable bonds is 6. The van der Waals surface area contributed by atoms with E-state index in [1.54, 1.807) is 48.5 Å². The van der Waals surface area contributed by atoms with Crippen molar-refractivity contribution in [3.8, 4) is 0 Å². The van der Waals surface area contributed by atoms with Crippen LogP contribution in [0, 0.1) is 4.91 Å². The molecule has 0 saturated heterocycles. The van der Waals surface area contributed by atoms with Gasteiger partial charge in [-0.2, -0.15) is 0 Å². The average Bonchev–Trinajstić information content (AvgIpc) is 2.69. The SMILES string of the molecule is O=NC(=O)c1cc(Nc2ccccc2)c(C(=O)O)cc1Nc1ccccc1. The molecule has 3 aromatic rings. The van der Waals surface area contributed by atoms with Gasteiger partial charge < -0.3 is 15.7 Å². The summed E-state index contributed by atoms with van der Waals surface area (Å²) in [5, 5.41) is 18.0. The number of aromatic carboxylic acids is 1. The van der Waals surface area contributed by atoms with E-state index in [2.05, 4.69) is 15.8 Å². The van der Waals surface area contributed by atoms with Crippen molar-refractivity contribution in [3.05, 3.63) is 88.8 Å². The smallest absolute Gasteiger partial charge is 0.337 e. The largest absolute Gasteiger partial charge is 0.478 e. The summed E-state index contributed by atoms with van der Waals surface area (Å²) < 4.78 is 0. The number of nitrogens with zero attached hydrogens (tertiary/aromatic N) is 1. The number of carboxylic acids is 1. The van der Waals surface area contributed by atoms with Crippen molar-refractivity contribution in [1.29, 1.82) is 0 Å². The van der Waals surface area contributed by atoms with E-state index < -0.39 is 11.9 Å². The molecule has 0 aliphatic rings. The number of hydrogen-bond acceptors (Lipinski definition) is 5. The minimum absolute atomic E-state index is 0.0303. The molecule has 0 aliphatic heterocycles. The first-order valence-corrected chi connectivity index (χ1v) is 8.01. The molecule has 0 fully saturated rings. The zero-order valence-corrected chi connectivity index (χ0v) is 14.0. The van der Waals surface area contributed by atoms with Crippen LogP contribution < -0.4 is 10.6 Å². The van der Waals surface area contributed by atoms with Crippen molar-refractivity contribution in [3.63, 3.8) is 0 Å². The Bertz CT molecular complexity index is 989. The van der Waals surface area contributed by atoms with Gasteiger partial charge in [-0.15, -0.1) is 4.91 Å². The highest BCUT2D eigenvalue weighted by atomic mass is 16.4. The molecule has 3 N–H and O–H groups in total. The monoisotopic (exact) mass is 361 g/mol. The van der Waals surface area contributed by atoms with E-state index in [0.717, 1.165) is 0 Å². The Hall–Kier alpha value is -4.00. The summed E-state index contributed by atoms with van der Waals surface area (Å²) in [6.07, 6.45) is 0. The van der Waals surface area contributed by atoms with E-state index in [1.807, 2.05) is 12.1 Å². The van der Waals surface area contributed by atoms with E-state index in [0.29, 0.717) is 11.4 Å². The average molecular weight is 361 g/mol. The van der Waals surface area contributed by atoms with Gasteiger partial charge in [0.05, 0.1) is 22.5 Å². The van der Waals surface area contributed by atoms with Crippen LogP contribution >= 0.6 is 0 Å². The van der Waals surface area contributed by atoms with Gasteiger partial charge in [0.25, 0.3) is 0 Å². The van der Waals surface area contributed by atoms with Crippen LogP contribution in [0.15, 0.2) is 78.0 Å². The maximum Gasteiger partial charge on any atom is 0.337 e. The Labute approximate surface area is 154 Å². The van der Waals surface area contributed by atoms with E-state index in [9.17, 15) is 19.6 Å². The summed E-state index contributed by atoms with van der Waals surface area (Å²) in [5.74, 6) is -2.18. The predicted molar refractivity (Wildman–Crippen MR) is 103 cm³/mol. The lowest BCUT2D eigenvalue weighted by molar-refractivity contribution is 0.0697. The number of carboxylic acid groups (broad SMARTS) is 1. The number of benzene rings is 3. The third-order valence-corrected chi connectivity index (χ3v) is 3.81. The van der Waals surface area contributed by atoms with Gasteiger partial charge in [-0.1, -0.05) is 36.4 Å². The molecule has 0 aromatic heterocycles. The third kappa shape index (κ3) is 4.16. The number of nitrogens with one attached hydrogen (secondary N) is 2. The van der Waals surface area contributed by atoms with Crippen LogP contribution in [0.5, 0.6) is 0 Å². The molecule has 1 amide bonds. The molecule has 7 heteroatoms. The van der Waals surface area contributed by atoms with Crippen molar-refractivity contribution in [2.45, 2.75) is 0 Å².